The van der Waals surface area contributed by atoms with Crippen LogP contribution in [0.15, 0.2) is 59.5 Å². The fourth-order valence-corrected chi connectivity index (χ4v) is 2.95. The Labute approximate surface area is 141 Å². The lowest BCUT2D eigenvalue weighted by atomic mass is 10.1. The predicted molar refractivity (Wildman–Crippen MR) is 91.8 cm³/mol. The maximum Gasteiger partial charge on any atom is 0.242 e. The Bertz CT molecular complexity index is 939. The van der Waals surface area contributed by atoms with E-state index in [1.165, 1.54) is 38.4 Å². The highest BCUT2D eigenvalue weighted by molar-refractivity contribution is 7.89. The van der Waals surface area contributed by atoms with Gasteiger partial charge in [-0.3, -0.25) is 4.79 Å². The van der Waals surface area contributed by atoms with Crippen LogP contribution in [0.25, 0.3) is 6.08 Å². The number of sulfonamides is 1. The Balaban J connectivity index is 2.28. The van der Waals surface area contributed by atoms with Gasteiger partial charge in [0, 0.05) is 19.7 Å². The van der Waals surface area contributed by atoms with Gasteiger partial charge in [0.05, 0.1) is 16.5 Å². The minimum absolute atomic E-state index is 0.0678. The molecule has 0 atom stereocenters. The van der Waals surface area contributed by atoms with Crippen molar-refractivity contribution >= 4 is 21.9 Å². The van der Waals surface area contributed by atoms with Crippen LogP contribution >= 0.6 is 0 Å². The summed E-state index contributed by atoms with van der Waals surface area (Å²) in [6.45, 7) is 0. The summed E-state index contributed by atoms with van der Waals surface area (Å²) < 4.78 is 25.3. The highest BCUT2D eigenvalue weighted by Crippen LogP contribution is 2.16. The van der Waals surface area contributed by atoms with Gasteiger partial charge in [-0.05, 0) is 35.9 Å². The van der Waals surface area contributed by atoms with E-state index in [4.69, 9.17) is 5.26 Å². The minimum atomic E-state index is -3.59. The Hall–Kier alpha value is -2.75. The molecule has 5 nitrogen and oxygen atoms in total. The Morgan fingerprint density at radius 3 is 2.50 bits per heavy atom. The average Bonchev–Trinajstić information content (AvgIpc) is 2.59. The molecule has 0 aliphatic heterocycles. The predicted octanol–water partition coefficient (Wildman–Crippen LogP) is 2.70. The molecule has 0 spiro atoms. The Morgan fingerprint density at radius 2 is 1.83 bits per heavy atom. The number of rotatable bonds is 5. The van der Waals surface area contributed by atoms with Gasteiger partial charge in [-0.2, -0.15) is 5.26 Å². The van der Waals surface area contributed by atoms with E-state index in [9.17, 15) is 13.2 Å². The SMILES string of the molecule is CN(C)S(=O)(=O)c1cccc(C(=O)/C=C/c2cccc(C#N)c2)c1. The zero-order valence-electron chi connectivity index (χ0n) is 13.3. The molecule has 122 valence electrons. The third kappa shape index (κ3) is 3.96. The van der Waals surface area contributed by atoms with Crippen molar-refractivity contribution in [2.45, 2.75) is 4.90 Å². The fourth-order valence-electron chi connectivity index (χ4n) is 2.00. The van der Waals surface area contributed by atoms with Crippen molar-refractivity contribution in [2.24, 2.45) is 0 Å². The number of benzene rings is 2. The Morgan fingerprint density at radius 1 is 1.12 bits per heavy atom. The summed E-state index contributed by atoms with van der Waals surface area (Å²) in [5, 5.41) is 8.87. The topological polar surface area (TPSA) is 78.2 Å². The Kier molecular flexibility index (Phi) is 5.29. The number of hydrogen-bond donors (Lipinski definition) is 0. The van der Waals surface area contributed by atoms with Crippen LogP contribution in [0.4, 0.5) is 0 Å². The van der Waals surface area contributed by atoms with Gasteiger partial charge in [0.15, 0.2) is 5.78 Å². The van der Waals surface area contributed by atoms with Crippen molar-refractivity contribution in [1.82, 2.24) is 4.31 Å². The monoisotopic (exact) mass is 340 g/mol. The minimum Gasteiger partial charge on any atom is -0.289 e. The maximum absolute atomic E-state index is 12.3. The molecular weight excluding hydrogens is 324 g/mol. The molecule has 0 aromatic heterocycles. The van der Waals surface area contributed by atoms with Gasteiger partial charge < -0.3 is 0 Å². The number of nitriles is 1. The number of ketones is 1. The normalized spacial score (nSPS) is 11.6. The molecule has 2 aromatic rings. The first-order valence-electron chi connectivity index (χ1n) is 7.10. The number of nitrogens with zero attached hydrogens (tertiary/aromatic N) is 2. The van der Waals surface area contributed by atoms with Gasteiger partial charge in [0.25, 0.3) is 0 Å². The maximum atomic E-state index is 12.3. The first kappa shape index (κ1) is 17.6. The van der Waals surface area contributed by atoms with Crippen LogP contribution in [0.3, 0.4) is 0 Å². The highest BCUT2D eigenvalue weighted by atomic mass is 32.2. The fraction of sp³-hybridized carbons (Fsp3) is 0.111. The number of carbonyl (C=O) groups excluding carboxylic acids is 1. The molecule has 0 unspecified atom stereocenters. The second-order valence-corrected chi connectivity index (χ2v) is 7.40. The van der Waals surface area contributed by atoms with Crippen LogP contribution in [-0.4, -0.2) is 32.6 Å². The van der Waals surface area contributed by atoms with E-state index in [0.29, 0.717) is 5.56 Å². The van der Waals surface area contributed by atoms with Crippen LogP contribution in [-0.2, 0) is 10.0 Å². The summed E-state index contributed by atoms with van der Waals surface area (Å²) >= 11 is 0. The first-order valence-corrected chi connectivity index (χ1v) is 8.54. The molecule has 0 amide bonds. The molecule has 0 N–H and O–H groups in total. The molecule has 0 bridgehead atoms. The average molecular weight is 340 g/mol. The molecule has 0 radical (unpaired) electrons. The molecule has 0 saturated heterocycles. The van der Waals surface area contributed by atoms with Gasteiger partial charge in [0.2, 0.25) is 10.0 Å². The number of carbonyl (C=O) groups is 1. The lowest BCUT2D eigenvalue weighted by molar-refractivity contribution is 0.104. The summed E-state index contributed by atoms with van der Waals surface area (Å²) in [5.41, 5.74) is 1.51. The van der Waals surface area contributed by atoms with Crippen molar-refractivity contribution in [3.05, 3.63) is 71.3 Å². The van der Waals surface area contributed by atoms with Crippen molar-refractivity contribution in [2.75, 3.05) is 14.1 Å². The van der Waals surface area contributed by atoms with Crippen LogP contribution in [0.5, 0.6) is 0 Å². The second-order valence-electron chi connectivity index (χ2n) is 5.25. The zero-order chi connectivity index (χ0) is 17.7. The quantitative estimate of drug-likeness (QED) is 0.619. The molecular formula is C18H16N2O3S. The van der Waals surface area contributed by atoms with Crippen molar-refractivity contribution in [1.29, 1.82) is 5.26 Å². The number of allylic oxidation sites excluding steroid dienone is 1. The second kappa shape index (κ2) is 7.21. The molecule has 0 saturated carbocycles. The van der Waals surface area contributed by atoms with Gasteiger partial charge in [-0.1, -0.05) is 30.3 Å². The van der Waals surface area contributed by atoms with E-state index in [0.717, 1.165) is 9.87 Å². The molecule has 0 heterocycles. The van der Waals surface area contributed by atoms with E-state index in [-0.39, 0.29) is 16.2 Å². The summed E-state index contributed by atoms with van der Waals surface area (Å²) in [4.78, 5) is 12.3. The van der Waals surface area contributed by atoms with Gasteiger partial charge >= 0.3 is 0 Å². The lowest BCUT2D eigenvalue weighted by Gasteiger charge is -2.11. The summed E-state index contributed by atoms with van der Waals surface area (Å²) in [6, 6.07) is 14.8. The molecule has 2 aromatic carbocycles. The molecule has 0 fully saturated rings. The van der Waals surface area contributed by atoms with Crippen molar-refractivity contribution in [3.63, 3.8) is 0 Å². The van der Waals surface area contributed by atoms with E-state index < -0.39 is 10.0 Å². The van der Waals surface area contributed by atoms with E-state index in [1.54, 1.807) is 36.4 Å². The molecule has 6 heteroatoms. The summed E-state index contributed by atoms with van der Waals surface area (Å²) in [7, 11) is -0.715. The van der Waals surface area contributed by atoms with Gasteiger partial charge in [-0.25, -0.2) is 12.7 Å². The third-order valence-corrected chi connectivity index (χ3v) is 5.15. The van der Waals surface area contributed by atoms with Crippen LogP contribution in [0, 0.1) is 11.3 Å². The highest BCUT2D eigenvalue weighted by Gasteiger charge is 2.18. The van der Waals surface area contributed by atoms with Crippen molar-refractivity contribution in [3.8, 4) is 6.07 Å². The van der Waals surface area contributed by atoms with E-state index >= 15 is 0 Å². The van der Waals surface area contributed by atoms with Gasteiger partial charge in [0.1, 0.15) is 0 Å². The largest absolute Gasteiger partial charge is 0.289 e. The first-order chi connectivity index (χ1) is 11.3. The van der Waals surface area contributed by atoms with Gasteiger partial charge in [-0.15, -0.1) is 0 Å². The standard InChI is InChI=1S/C18H16N2O3S/c1-20(2)24(22,23)17-8-4-7-16(12-17)18(21)10-9-14-5-3-6-15(11-14)13-19/h3-12H,1-2H3/b10-9+. The van der Waals surface area contributed by atoms with Crippen LogP contribution in [0.2, 0.25) is 0 Å². The molecule has 2 rings (SSSR count). The van der Waals surface area contributed by atoms with Crippen LogP contribution < -0.4 is 0 Å². The molecule has 24 heavy (non-hydrogen) atoms. The lowest BCUT2D eigenvalue weighted by Crippen LogP contribution is -2.22. The zero-order valence-corrected chi connectivity index (χ0v) is 14.1. The third-order valence-electron chi connectivity index (χ3n) is 3.34. The molecule has 0 aliphatic carbocycles. The number of hydrogen-bond acceptors (Lipinski definition) is 4. The molecule has 0 aliphatic rings. The summed E-state index contributed by atoms with van der Waals surface area (Å²) in [5.74, 6) is -0.312. The summed E-state index contributed by atoms with van der Waals surface area (Å²) in [6.07, 6.45) is 2.95. The smallest absolute Gasteiger partial charge is 0.242 e. The van der Waals surface area contributed by atoms with Crippen molar-refractivity contribution < 1.29 is 13.2 Å². The van der Waals surface area contributed by atoms with E-state index in [1.807, 2.05) is 6.07 Å². The van der Waals surface area contributed by atoms with Crippen LogP contribution in [0.1, 0.15) is 21.5 Å². The van der Waals surface area contributed by atoms with E-state index in [2.05, 4.69) is 0 Å².